The molecule has 1 N–H and O–H groups in total. The summed E-state index contributed by atoms with van der Waals surface area (Å²) in [5, 5.41) is 2.17. The van der Waals surface area contributed by atoms with Crippen molar-refractivity contribution in [1.82, 2.24) is 9.97 Å². The monoisotopic (exact) mass is 205 g/mol. The van der Waals surface area contributed by atoms with Gasteiger partial charge >= 0.3 is 0 Å². The van der Waals surface area contributed by atoms with Crippen molar-refractivity contribution in [2.45, 2.75) is 13.0 Å². The minimum atomic E-state index is 0.948. The maximum atomic E-state index is 4.03. The van der Waals surface area contributed by atoms with Gasteiger partial charge in [-0.3, -0.25) is 0 Å². The summed E-state index contributed by atoms with van der Waals surface area (Å²) in [5.74, 6) is 0. The minimum absolute atomic E-state index is 0.948. The van der Waals surface area contributed by atoms with E-state index in [2.05, 4.69) is 26.3 Å². The highest BCUT2D eigenvalue weighted by Crippen LogP contribution is 2.33. The SMILES string of the molecule is c1ncc(CN2CCc3sccc32)[nH]1. The molecule has 4 heteroatoms. The Hall–Kier alpha value is -1.29. The number of H-pyrrole nitrogens is 1. The molecule has 0 saturated carbocycles. The molecular formula is C10H11N3S. The predicted octanol–water partition coefficient (Wildman–Crippen LogP) is 2.03. The average Bonchev–Trinajstić information content (AvgIpc) is 2.85. The van der Waals surface area contributed by atoms with E-state index in [0.29, 0.717) is 0 Å². The smallest absolute Gasteiger partial charge is 0.0922 e. The summed E-state index contributed by atoms with van der Waals surface area (Å²) in [6.07, 6.45) is 4.82. The molecule has 1 aliphatic rings. The standard InChI is InChI=1S/C10H11N3S/c1-3-13(6-8-5-11-7-12-8)9-2-4-14-10(1)9/h2,4-5,7H,1,3,6H2,(H,11,12). The Morgan fingerprint density at radius 3 is 3.43 bits per heavy atom. The summed E-state index contributed by atoms with van der Waals surface area (Å²) in [6, 6.07) is 2.21. The number of hydrogen-bond donors (Lipinski definition) is 1. The average molecular weight is 205 g/mol. The van der Waals surface area contributed by atoms with Gasteiger partial charge in [0.05, 0.1) is 24.3 Å². The molecule has 0 atom stereocenters. The first-order valence-electron chi connectivity index (χ1n) is 4.72. The lowest BCUT2D eigenvalue weighted by molar-refractivity contribution is 0.820. The molecule has 1 aliphatic heterocycles. The van der Waals surface area contributed by atoms with Gasteiger partial charge in [-0.2, -0.15) is 0 Å². The molecule has 2 aromatic heterocycles. The van der Waals surface area contributed by atoms with Crippen LogP contribution < -0.4 is 4.90 Å². The van der Waals surface area contributed by atoms with Gasteiger partial charge in [0.15, 0.2) is 0 Å². The third-order valence-electron chi connectivity index (χ3n) is 2.59. The zero-order valence-electron chi connectivity index (χ0n) is 7.73. The summed E-state index contributed by atoms with van der Waals surface area (Å²) in [4.78, 5) is 11.1. The molecule has 0 fully saturated rings. The fourth-order valence-corrected chi connectivity index (χ4v) is 2.79. The predicted molar refractivity (Wildman–Crippen MR) is 57.7 cm³/mol. The third kappa shape index (κ3) is 1.23. The van der Waals surface area contributed by atoms with E-state index in [1.165, 1.54) is 22.7 Å². The van der Waals surface area contributed by atoms with Gasteiger partial charge in [-0.15, -0.1) is 11.3 Å². The van der Waals surface area contributed by atoms with Crippen molar-refractivity contribution in [2.24, 2.45) is 0 Å². The van der Waals surface area contributed by atoms with Crippen LogP contribution in [0.15, 0.2) is 24.0 Å². The molecule has 72 valence electrons. The molecule has 3 nitrogen and oxygen atoms in total. The van der Waals surface area contributed by atoms with Crippen molar-refractivity contribution in [3.63, 3.8) is 0 Å². The Labute approximate surface area is 86.4 Å². The van der Waals surface area contributed by atoms with E-state index in [0.717, 1.165) is 13.1 Å². The van der Waals surface area contributed by atoms with Crippen LogP contribution in [-0.2, 0) is 13.0 Å². The first-order valence-corrected chi connectivity index (χ1v) is 5.60. The van der Waals surface area contributed by atoms with Gasteiger partial charge < -0.3 is 9.88 Å². The summed E-state index contributed by atoms with van der Waals surface area (Å²) in [6.45, 7) is 2.09. The van der Waals surface area contributed by atoms with Gasteiger partial charge in [-0.25, -0.2) is 4.98 Å². The second-order valence-corrected chi connectivity index (χ2v) is 4.48. The molecule has 3 rings (SSSR count). The maximum Gasteiger partial charge on any atom is 0.0922 e. The second kappa shape index (κ2) is 3.13. The minimum Gasteiger partial charge on any atom is -0.364 e. The summed E-state index contributed by atoms with van der Waals surface area (Å²) >= 11 is 1.86. The van der Waals surface area contributed by atoms with E-state index in [1.807, 2.05) is 17.5 Å². The van der Waals surface area contributed by atoms with Crippen LogP contribution in [0.1, 0.15) is 10.6 Å². The van der Waals surface area contributed by atoms with Crippen LogP contribution in [0.3, 0.4) is 0 Å². The van der Waals surface area contributed by atoms with Crippen molar-refractivity contribution in [3.8, 4) is 0 Å². The van der Waals surface area contributed by atoms with Crippen LogP contribution in [0.2, 0.25) is 0 Å². The molecule has 0 bridgehead atoms. The number of anilines is 1. The van der Waals surface area contributed by atoms with E-state index < -0.39 is 0 Å². The van der Waals surface area contributed by atoms with E-state index in [-0.39, 0.29) is 0 Å². The topological polar surface area (TPSA) is 31.9 Å². The molecule has 0 radical (unpaired) electrons. The molecule has 0 saturated heterocycles. The van der Waals surface area contributed by atoms with E-state index in [1.54, 1.807) is 6.33 Å². The fourth-order valence-electron chi connectivity index (χ4n) is 1.90. The van der Waals surface area contributed by atoms with Crippen LogP contribution in [0.4, 0.5) is 5.69 Å². The molecule has 14 heavy (non-hydrogen) atoms. The summed E-state index contributed by atoms with van der Waals surface area (Å²) in [7, 11) is 0. The van der Waals surface area contributed by atoms with Crippen molar-refractivity contribution < 1.29 is 0 Å². The Morgan fingerprint density at radius 2 is 2.57 bits per heavy atom. The maximum absolute atomic E-state index is 4.03. The zero-order chi connectivity index (χ0) is 9.38. The van der Waals surface area contributed by atoms with Crippen LogP contribution in [0, 0.1) is 0 Å². The Balaban J connectivity index is 1.83. The molecule has 2 aromatic rings. The fraction of sp³-hybridized carbons (Fsp3) is 0.300. The largest absolute Gasteiger partial charge is 0.364 e. The van der Waals surface area contributed by atoms with E-state index >= 15 is 0 Å². The molecule has 3 heterocycles. The van der Waals surface area contributed by atoms with Crippen LogP contribution >= 0.6 is 11.3 Å². The van der Waals surface area contributed by atoms with Gasteiger partial charge in [0.25, 0.3) is 0 Å². The molecular weight excluding hydrogens is 194 g/mol. The third-order valence-corrected chi connectivity index (χ3v) is 3.56. The van der Waals surface area contributed by atoms with E-state index in [9.17, 15) is 0 Å². The Bertz CT molecular complexity index is 418. The number of aromatic nitrogens is 2. The lowest BCUT2D eigenvalue weighted by Gasteiger charge is -2.16. The normalized spacial score (nSPS) is 14.7. The quantitative estimate of drug-likeness (QED) is 0.813. The van der Waals surface area contributed by atoms with Gasteiger partial charge in [-0.1, -0.05) is 0 Å². The van der Waals surface area contributed by atoms with Gasteiger partial charge in [0.2, 0.25) is 0 Å². The molecule has 0 unspecified atom stereocenters. The first kappa shape index (κ1) is 8.05. The zero-order valence-corrected chi connectivity index (χ0v) is 8.55. The number of rotatable bonds is 2. The second-order valence-electron chi connectivity index (χ2n) is 3.48. The highest BCUT2D eigenvalue weighted by Gasteiger charge is 2.20. The van der Waals surface area contributed by atoms with Crippen molar-refractivity contribution in [2.75, 3.05) is 11.4 Å². The molecule has 0 aliphatic carbocycles. The Kier molecular flexibility index (Phi) is 1.80. The summed E-state index contributed by atoms with van der Waals surface area (Å²) < 4.78 is 0. The van der Waals surface area contributed by atoms with Gasteiger partial charge in [0, 0.05) is 24.0 Å². The number of imidazole rings is 1. The van der Waals surface area contributed by atoms with E-state index in [4.69, 9.17) is 0 Å². The number of thiophene rings is 1. The summed E-state index contributed by atoms with van der Waals surface area (Å²) in [5.41, 5.74) is 2.59. The van der Waals surface area contributed by atoms with Crippen molar-refractivity contribution >= 4 is 17.0 Å². The van der Waals surface area contributed by atoms with Crippen LogP contribution in [0.5, 0.6) is 0 Å². The highest BCUT2D eigenvalue weighted by atomic mass is 32.1. The lowest BCUT2D eigenvalue weighted by atomic mass is 10.4. The van der Waals surface area contributed by atoms with Crippen molar-refractivity contribution in [1.29, 1.82) is 0 Å². The van der Waals surface area contributed by atoms with Crippen molar-refractivity contribution in [3.05, 3.63) is 34.5 Å². The molecule has 0 aromatic carbocycles. The van der Waals surface area contributed by atoms with Gasteiger partial charge in [-0.05, 0) is 11.4 Å². The van der Waals surface area contributed by atoms with Crippen LogP contribution in [-0.4, -0.2) is 16.5 Å². The van der Waals surface area contributed by atoms with Gasteiger partial charge in [0.1, 0.15) is 0 Å². The number of nitrogens with one attached hydrogen (secondary N) is 1. The first-order chi connectivity index (χ1) is 6.93. The Morgan fingerprint density at radius 1 is 1.57 bits per heavy atom. The number of nitrogens with zero attached hydrogens (tertiary/aromatic N) is 2. The van der Waals surface area contributed by atoms with Crippen LogP contribution in [0.25, 0.3) is 0 Å². The highest BCUT2D eigenvalue weighted by molar-refractivity contribution is 7.10. The lowest BCUT2D eigenvalue weighted by Crippen LogP contribution is -2.19. The molecule has 0 spiro atoms. The number of hydrogen-bond acceptors (Lipinski definition) is 3. The number of fused-ring (bicyclic) bond motifs is 1. The number of aromatic amines is 1. The molecule has 0 amide bonds.